The van der Waals surface area contributed by atoms with Gasteiger partial charge >= 0.3 is 0 Å². The second-order valence-corrected chi connectivity index (χ2v) is 5.38. The van der Waals surface area contributed by atoms with Crippen molar-refractivity contribution in [3.05, 3.63) is 48.3 Å². The molecule has 1 aliphatic carbocycles. The van der Waals surface area contributed by atoms with Crippen LogP contribution in [0.4, 0.5) is 5.69 Å². The molecule has 1 aromatic heterocycles. The zero-order chi connectivity index (χ0) is 14.0. The molecule has 1 aromatic carbocycles. The Hall–Kier alpha value is -2.14. The van der Waals surface area contributed by atoms with Crippen LogP contribution in [0.2, 0.25) is 0 Å². The van der Waals surface area contributed by atoms with Crippen LogP contribution in [0.25, 0.3) is 0 Å². The molecule has 0 unspecified atom stereocenters. The molecular weight excluding hydrogens is 252 g/mol. The van der Waals surface area contributed by atoms with Gasteiger partial charge in [-0.15, -0.1) is 0 Å². The van der Waals surface area contributed by atoms with Gasteiger partial charge in [-0.3, -0.25) is 9.48 Å². The molecule has 104 valence electrons. The minimum Gasteiger partial charge on any atom is -0.322 e. The fraction of sp³-hybridized carbons (Fsp3) is 0.333. The van der Waals surface area contributed by atoms with Crippen LogP contribution < -0.4 is 11.1 Å². The lowest BCUT2D eigenvalue weighted by Gasteiger charge is -2.35. The summed E-state index contributed by atoms with van der Waals surface area (Å²) in [6.07, 6.45) is 6.03. The highest BCUT2D eigenvalue weighted by Gasteiger charge is 2.40. The van der Waals surface area contributed by atoms with E-state index in [1.165, 1.54) is 5.56 Å². The number of hydrogen-bond donors (Lipinski definition) is 2. The van der Waals surface area contributed by atoms with E-state index in [2.05, 4.69) is 10.4 Å². The standard InChI is InChI=1S/C15H18N4O/c16-15(7-4-8-15)14(20)18-13-9-17-19(11-13)10-12-5-2-1-3-6-12/h1-3,5-6,9,11H,4,7-8,10,16H2,(H,18,20). The summed E-state index contributed by atoms with van der Waals surface area (Å²) in [6, 6.07) is 10.1. The van der Waals surface area contributed by atoms with Crippen molar-refractivity contribution in [2.45, 2.75) is 31.3 Å². The first-order chi connectivity index (χ1) is 9.66. The molecule has 0 radical (unpaired) electrons. The largest absolute Gasteiger partial charge is 0.322 e. The lowest BCUT2D eigenvalue weighted by Crippen LogP contribution is -2.56. The molecule has 0 atom stereocenters. The van der Waals surface area contributed by atoms with Gasteiger partial charge in [0.15, 0.2) is 0 Å². The van der Waals surface area contributed by atoms with Crippen LogP contribution in [0, 0.1) is 0 Å². The van der Waals surface area contributed by atoms with Crippen LogP contribution in [-0.4, -0.2) is 21.2 Å². The number of rotatable bonds is 4. The van der Waals surface area contributed by atoms with Crippen molar-refractivity contribution < 1.29 is 4.79 Å². The Morgan fingerprint density at radius 1 is 1.35 bits per heavy atom. The summed E-state index contributed by atoms with van der Waals surface area (Å²) in [4.78, 5) is 12.0. The molecule has 1 saturated carbocycles. The minimum atomic E-state index is -0.679. The lowest BCUT2D eigenvalue weighted by molar-refractivity contribution is -0.123. The molecule has 1 aliphatic rings. The number of nitrogens with one attached hydrogen (secondary N) is 1. The molecule has 20 heavy (non-hydrogen) atoms. The Balaban J connectivity index is 1.63. The predicted molar refractivity (Wildman–Crippen MR) is 77.2 cm³/mol. The maximum Gasteiger partial charge on any atom is 0.244 e. The van der Waals surface area contributed by atoms with Gasteiger partial charge in [0, 0.05) is 6.20 Å². The van der Waals surface area contributed by atoms with E-state index in [4.69, 9.17) is 5.73 Å². The SMILES string of the molecule is NC1(C(=O)Nc2cnn(Cc3ccccc3)c2)CCC1. The van der Waals surface area contributed by atoms with Crippen LogP contribution >= 0.6 is 0 Å². The van der Waals surface area contributed by atoms with Crippen molar-refractivity contribution in [1.29, 1.82) is 0 Å². The Labute approximate surface area is 117 Å². The van der Waals surface area contributed by atoms with Gasteiger partial charge in [-0.2, -0.15) is 5.10 Å². The van der Waals surface area contributed by atoms with Crippen LogP contribution in [0.3, 0.4) is 0 Å². The van der Waals surface area contributed by atoms with Gasteiger partial charge in [-0.1, -0.05) is 30.3 Å². The zero-order valence-corrected chi connectivity index (χ0v) is 11.2. The maximum atomic E-state index is 12.0. The van der Waals surface area contributed by atoms with Crippen molar-refractivity contribution in [3.8, 4) is 0 Å². The molecule has 1 heterocycles. The number of aromatic nitrogens is 2. The molecule has 1 fully saturated rings. The number of anilines is 1. The van der Waals surface area contributed by atoms with Gasteiger partial charge in [-0.05, 0) is 24.8 Å². The third-order valence-corrected chi connectivity index (χ3v) is 3.78. The number of benzene rings is 1. The Bertz CT molecular complexity index is 601. The van der Waals surface area contributed by atoms with Crippen molar-refractivity contribution in [2.75, 3.05) is 5.32 Å². The normalized spacial score (nSPS) is 16.4. The lowest BCUT2D eigenvalue weighted by atomic mass is 9.77. The Morgan fingerprint density at radius 3 is 2.75 bits per heavy atom. The Morgan fingerprint density at radius 2 is 2.10 bits per heavy atom. The number of nitrogens with zero attached hydrogens (tertiary/aromatic N) is 2. The van der Waals surface area contributed by atoms with Crippen molar-refractivity contribution >= 4 is 11.6 Å². The highest BCUT2D eigenvalue weighted by Crippen LogP contribution is 2.30. The van der Waals surface area contributed by atoms with Crippen molar-refractivity contribution in [1.82, 2.24) is 9.78 Å². The molecule has 2 aromatic rings. The van der Waals surface area contributed by atoms with Gasteiger partial charge in [0.25, 0.3) is 0 Å². The first kappa shape index (κ1) is 12.9. The summed E-state index contributed by atoms with van der Waals surface area (Å²) in [5.74, 6) is -0.108. The number of carbonyl (C=O) groups excluding carboxylic acids is 1. The Kier molecular flexibility index (Phi) is 3.28. The molecule has 0 aliphatic heterocycles. The predicted octanol–water partition coefficient (Wildman–Crippen LogP) is 1.75. The van der Waals surface area contributed by atoms with Crippen molar-refractivity contribution in [2.24, 2.45) is 5.73 Å². The number of nitrogens with two attached hydrogens (primary N) is 1. The third-order valence-electron chi connectivity index (χ3n) is 3.78. The van der Waals surface area contributed by atoms with E-state index < -0.39 is 5.54 Å². The van der Waals surface area contributed by atoms with Gasteiger partial charge < -0.3 is 11.1 Å². The van der Waals surface area contributed by atoms with E-state index >= 15 is 0 Å². The molecule has 3 rings (SSSR count). The average Bonchev–Trinajstić information content (AvgIpc) is 2.84. The van der Waals surface area contributed by atoms with Gasteiger partial charge in [0.05, 0.1) is 24.0 Å². The molecule has 1 amide bonds. The molecule has 0 saturated heterocycles. The van der Waals surface area contributed by atoms with Crippen LogP contribution in [-0.2, 0) is 11.3 Å². The van der Waals surface area contributed by atoms with Crippen LogP contribution in [0.5, 0.6) is 0 Å². The van der Waals surface area contributed by atoms with Crippen molar-refractivity contribution in [3.63, 3.8) is 0 Å². The third kappa shape index (κ3) is 2.58. The molecule has 0 spiro atoms. The highest BCUT2D eigenvalue weighted by molar-refractivity contribution is 5.98. The summed E-state index contributed by atoms with van der Waals surface area (Å²) in [7, 11) is 0. The molecule has 0 bridgehead atoms. The zero-order valence-electron chi connectivity index (χ0n) is 11.2. The first-order valence-electron chi connectivity index (χ1n) is 6.82. The fourth-order valence-corrected chi connectivity index (χ4v) is 2.33. The monoisotopic (exact) mass is 270 g/mol. The fourth-order valence-electron chi connectivity index (χ4n) is 2.33. The second-order valence-electron chi connectivity index (χ2n) is 5.38. The smallest absolute Gasteiger partial charge is 0.244 e. The number of amides is 1. The van der Waals surface area contributed by atoms with E-state index in [0.29, 0.717) is 12.2 Å². The van der Waals surface area contributed by atoms with Gasteiger partial charge in [-0.25, -0.2) is 0 Å². The maximum absolute atomic E-state index is 12.0. The highest BCUT2D eigenvalue weighted by atomic mass is 16.2. The van der Waals surface area contributed by atoms with E-state index in [1.54, 1.807) is 10.9 Å². The second kappa shape index (κ2) is 5.09. The molecule has 5 heteroatoms. The van der Waals surface area contributed by atoms with E-state index in [9.17, 15) is 4.79 Å². The topological polar surface area (TPSA) is 72.9 Å². The summed E-state index contributed by atoms with van der Waals surface area (Å²) in [5, 5.41) is 7.09. The molecule has 3 N–H and O–H groups in total. The molecular formula is C15H18N4O. The van der Waals surface area contributed by atoms with E-state index in [-0.39, 0.29) is 5.91 Å². The summed E-state index contributed by atoms with van der Waals surface area (Å²) >= 11 is 0. The summed E-state index contributed by atoms with van der Waals surface area (Å²) in [5.41, 5.74) is 7.17. The number of hydrogen-bond acceptors (Lipinski definition) is 3. The quantitative estimate of drug-likeness (QED) is 0.889. The average molecular weight is 270 g/mol. The first-order valence-corrected chi connectivity index (χ1v) is 6.82. The van der Waals surface area contributed by atoms with E-state index in [0.717, 1.165) is 19.3 Å². The minimum absolute atomic E-state index is 0.108. The van der Waals surface area contributed by atoms with Gasteiger partial charge in [0.1, 0.15) is 0 Å². The van der Waals surface area contributed by atoms with Gasteiger partial charge in [0.2, 0.25) is 5.91 Å². The summed E-state index contributed by atoms with van der Waals surface area (Å²) in [6.45, 7) is 0.685. The van der Waals surface area contributed by atoms with Crippen LogP contribution in [0.1, 0.15) is 24.8 Å². The molecule has 5 nitrogen and oxygen atoms in total. The summed E-state index contributed by atoms with van der Waals surface area (Å²) < 4.78 is 1.80. The van der Waals surface area contributed by atoms with E-state index in [1.807, 2.05) is 36.5 Å². The number of carbonyl (C=O) groups is 1. The van der Waals surface area contributed by atoms with Crippen LogP contribution in [0.15, 0.2) is 42.7 Å².